The summed E-state index contributed by atoms with van der Waals surface area (Å²) in [4.78, 5) is 4.47. The van der Waals surface area contributed by atoms with Gasteiger partial charge in [0.25, 0.3) is 0 Å². The van der Waals surface area contributed by atoms with Crippen molar-refractivity contribution < 1.29 is 4.74 Å². The number of aromatic nitrogens is 2. The predicted octanol–water partition coefficient (Wildman–Crippen LogP) is 6.64. The van der Waals surface area contributed by atoms with E-state index in [0.29, 0.717) is 0 Å². The summed E-state index contributed by atoms with van der Waals surface area (Å²) in [6.07, 6.45) is 1.72. The highest BCUT2D eigenvalue weighted by atomic mass is 79.9. The van der Waals surface area contributed by atoms with Crippen LogP contribution in [0.4, 0.5) is 0 Å². The van der Waals surface area contributed by atoms with Crippen LogP contribution in [0.25, 0.3) is 16.0 Å². The van der Waals surface area contributed by atoms with Gasteiger partial charge in [-0.1, -0.05) is 45.7 Å². The van der Waals surface area contributed by atoms with Crippen LogP contribution in [0.2, 0.25) is 5.02 Å². The average molecular weight is 434 g/mol. The van der Waals surface area contributed by atoms with Crippen LogP contribution in [0, 0.1) is 0 Å². The normalized spacial score (nSPS) is 12.4. The Labute approximate surface area is 163 Å². The summed E-state index contributed by atoms with van der Waals surface area (Å²) in [5.41, 5.74) is 3.00. The van der Waals surface area contributed by atoms with E-state index in [1.54, 1.807) is 11.3 Å². The molecule has 0 aliphatic heterocycles. The zero-order chi connectivity index (χ0) is 17.4. The van der Waals surface area contributed by atoms with Crippen LogP contribution in [0.15, 0.2) is 64.7 Å². The Balaban J connectivity index is 1.60. The minimum absolute atomic E-state index is 0.119. The molecular formula is C19H14BrClN2OS. The number of imidazole rings is 1. The first-order valence-corrected chi connectivity index (χ1v) is 9.79. The van der Waals surface area contributed by atoms with E-state index >= 15 is 0 Å². The topological polar surface area (TPSA) is 27.1 Å². The van der Waals surface area contributed by atoms with Crippen LogP contribution in [0.3, 0.4) is 0 Å². The van der Waals surface area contributed by atoms with Gasteiger partial charge in [-0.15, -0.1) is 11.3 Å². The lowest BCUT2D eigenvalue weighted by molar-refractivity contribution is 0.228. The van der Waals surface area contributed by atoms with E-state index in [4.69, 9.17) is 16.3 Å². The number of hydrogen-bond acceptors (Lipinski definition) is 3. The van der Waals surface area contributed by atoms with Gasteiger partial charge in [-0.05, 0) is 31.2 Å². The lowest BCUT2D eigenvalue weighted by Crippen LogP contribution is -2.03. The van der Waals surface area contributed by atoms with Crippen molar-refractivity contribution >= 4 is 49.9 Å². The van der Waals surface area contributed by atoms with Crippen LogP contribution in [-0.2, 0) is 0 Å². The number of ether oxygens (including phenoxy) is 1. The van der Waals surface area contributed by atoms with Crippen LogP contribution >= 0.6 is 38.9 Å². The number of nitrogens with zero attached hydrogens (tertiary/aromatic N) is 2. The third-order valence-corrected chi connectivity index (χ3v) is 5.71. The summed E-state index contributed by atoms with van der Waals surface area (Å²) < 4.78 is 9.17. The van der Waals surface area contributed by atoms with Gasteiger partial charge in [-0.2, -0.15) is 0 Å². The molecule has 0 radical (unpaired) electrons. The maximum absolute atomic E-state index is 6.26. The van der Waals surface area contributed by atoms with Gasteiger partial charge in [0.05, 0.1) is 11.0 Å². The molecule has 0 spiro atoms. The van der Waals surface area contributed by atoms with E-state index < -0.39 is 0 Å². The lowest BCUT2D eigenvalue weighted by Gasteiger charge is -2.15. The minimum atomic E-state index is -0.119. The molecule has 2 heterocycles. The Morgan fingerprint density at radius 3 is 2.88 bits per heavy atom. The van der Waals surface area contributed by atoms with Crippen LogP contribution in [0.5, 0.6) is 5.75 Å². The summed E-state index contributed by atoms with van der Waals surface area (Å²) in [5.74, 6) is 0.825. The minimum Gasteiger partial charge on any atom is -0.485 e. The van der Waals surface area contributed by atoms with E-state index in [1.165, 1.54) is 0 Å². The van der Waals surface area contributed by atoms with Gasteiger partial charge >= 0.3 is 0 Å². The number of thiophene rings is 1. The molecular weight excluding hydrogens is 420 g/mol. The smallest absolute Gasteiger partial charge is 0.133 e. The molecule has 2 aromatic carbocycles. The van der Waals surface area contributed by atoms with Crippen LogP contribution in [-0.4, -0.2) is 9.55 Å². The Kier molecular flexibility index (Phi) is 4.54. The largest absolute Gasteiger partial charge is 0.485 e. The second-order valence-corrected chi connectivity index (χ2v) is 7.86. The average Bonchev–Trinajstić information content (AvgIpc) is 3.21. The van der Waals surface area contributed by atoms with E-state index in [1.807, 2.05) is 61.1 Å². The third kappa shape index (κ3) is 3.32. The van der Waals surface area contributed by atoms with Crippen molar-refractivity contribution in [2.75, 3.05) is 0 Å². The van der Waals surface area contributed by atoms with Crippen molar-refractivity contribution in [2.45, 2.75) is 13.0 Å². The zero-order valence-corrected chi connectivity index (χ0v) is 16.5. The fourth-order valence-electron chi connectivity index (χ4n) is 2.73. The number of halogens is 2. The molecule has 0 saturated heterocycles. The second kappa shape index (κ2) is 6.83. The molecule has 0 saturated carbocycles. The van der Waals surface area contributed by atoms with E-state index in [0.717, 1.165) is 36.8 Å². The summed E-state index contributed by atoms with van der Waals surface area (Å²) in [5, 5.41) is 3.79. The van der Waals surface area contributed by atoms with E-state index in [9.17, 15) is 0 Å². The number of benzene rings is 2. The summed E-state index contributed by atoms with van der Waals surface area (Å²) in [6.45, 7) is 2.00. The van der Waals surface area contributed by atoms with Crippen molar-refractivity contribution in [1.29, 1.82) is 0 Å². The number of hydrogen-bond donors (Lipinski definition) is 0. The maximum Gasteiger partial charge on any atom is 0.133 e. The molecule has 126 valence electrons. The highest BCUT2D eigenvalue weighted by Gasteiger charge is 2.13. The summed E-state index contributed by atoms with van der Waals surface area (Å²) >= 11 is 11.4. The number of fused-ring (bicyclic) bond motifs is 1. The highest BCUT2D eigenvalue weighted by Crippen LogP contribution is 2.32. The third-order valence-electron chi connectivity index (χ3n) is 3.96. The van der Waals surface area contributed by atoms with Crippen LogP contribution < -0.4 is 4.74 Å². The van der Waals surface area contributed by atoms with E-state index in [-0.39, 0.29) is 6.10 Å². The van der Waals surface area contributed by atoms with Crippen LogP contribution in [0.1, 0.15) is 18.6 Å². The SMILES string of the molecule is C[C@@H](Oc1csc(-n2cnc3cc(Br)ccc32)c1)c1ccccc1Cl. The van der Waals surface area contributed by atoms with Crippen molar-refractivity contribution in [3.8, 4) is 10.8 Å². The molecule has 1 atom stereocenters. The van der Waals surface area contributed by atoms with E-state index in [2.05, 4.69) is 31.5 Å². The fraction of sp³-hybridized carbons (Fsp3) is 0.105. The molecule has 2 aromatic heterocycles. The Bertz CT molecular complexity index is 1040. The van der Waals surface area contributed by atoms with Crippen molar-refractivity contribution in [1.82, 2.24) is 9.55 Å². The first-order valence-electron chi connectivity index (χ1n) is 7.74. The molecule has 25 heavy (non-hydrogen) atoms. The van der Waals surface area contributed by atoms with Gasteiger partial charge < -0.3 is 4.74 Å². The van der Waals surface area contributed by atoms with Gasteiger partial charge in [-0.25, -0.2) is 4.98 Å². The van der Waals surface area contributed by atoms with Gasteiger partial charge in [0.1, 0.15) is 23.2 Å². The number of rotatable bonds is 4. The molecule has 0 N–H and O–H groups in total. The van der Waals surface area contributed by atoms with Gasteiger partial charge in [-0.3, -0.25) is 4.57 Å². The monoisotopic (exact) mass is 432 g/mol. The second-order valence-electron chi connectivity index (χ2n) is 5.65. The molecule has 3 nitrogen and oxygen atoms in total. The molecule has 0 amide bonds. The molecule has 0 unspecified atom stereocenters. The van der Waals surface area contributed by atoms with Crippen molar-refractivity contribution in [3.05, 3.63) is 75.3 Å². The molecule has 0 bridgehead atoms. The van der Waals surface area contributed by atoms with Gasteiger partial charge in [0, 0.05) is 26.5 Å². The fourth-order valence-corrected chi connectivity index (χ4v) is 4.17. The van der Waals surface area contributed by atoms with Gasteiger partial charge in [0.15, 0.2) is 0 Å². The zero-order valence-electron chi connectivity index (χ0n) is 13.3. The maximum atomic E-state index is 6.26. The first kappa shape index (κ1) is 16.6. The standard InChI is InChI=1S/C19H14BrClN2OS/c1-12(15-4-2-3-5-16(15)21)24-14-9-19(25-10-14)23-11-22-17-8-13(20)6-7-18(17)23/h2-12H,1H3/t12-/m1/s1. The molecule has 0 fully saturated rings. The predicted molar refractivity (Wildman–Crippen MR) is 107 cm³/mol. The quantitative estimate of drug-likeness (QED) is 0.360. The molecule has 0 aliphatic carbocycles. The summed E-state index contributed by atoms with van der Waals surface area (Å²) in [6, 6.07) is 15.9. The van der Waals surface area contributed by atoms with Crippen molar-refractivity contribution in [3.63, 3.8) is 0 Å². The van der Waals surface area contributed by atoms with Gasteiger partial charge in [0.2, 0.25) is 0 Å². The highest BCUT2D eigenvalue weighted by molar-refractivity contribution is 9.10. The first-order chi connectivity index (χ1) is 12.1. The molecule has 0 aliphatic rings. The Hall–Kier alpha value is -1.82. The Morgan fingerprint density at radius 2 is 2.04 bits per heavy atom. The Morgan fingerprint density at radius 1 is 1.20 bits per heavy atom. The molecule has 4 aromatic rings. The molecule has 4 rings (SSSR count). The summed E-state index contributed by atoms with van der Waals surface area (Å²) in [7, 11) is 0. The van der Waals surface area contributed by atoms with Crippen molar-refractivity contribution in [2.24, 2.45) is 0 Å². The lowest BCUT2D eigenvalue weighted by atomic mass is 10.1. The molecule has 6 heteroatoms.